The number of oxime groups is 1. The van der Waals surface area contributed by atoms with E-state index < -0.39 is 0 Å². The van der Waals surface area contributed by atoms with Crippen molar-refractivity contribution < 1.29 is 4.84 Å². The van der Waals surface area contributed by atoms with Crippen molar-refractivity contribution >= 4 is 20.6 Å². The molecule has 0 saturated carbocycles. The fourth-order valence-electron chi connectivity index (χ4n) is 0.520. The largest absolute Gasteiger partial charge is 0.390 e. The molecule has 0 aromatic carbocycles. The molecule has 1 heterocycles. The molecule has 0 spiro atoms. The summed E-state index contributed by atoms with van der Waals surface area (Å²) in [6.07, 6.45) is 0.917. The molecule has 0 unspecified atom stereocenters. The fraction of sp³-hybridized carbons (Fsp3) is 0.750. The molecule has 3 nitrogen and oxygen atoms in total. The summed E-state index contributed by atoms with van der Waals surface area (Å²) in [4.78, 5) is 4.83. The van der Waals surface area contributed by atoms with Gasteiger partial charge in [-0.25, -0.2) is 0 Å². The van der Waals surface area contributed by atoms with Crippen LogP contribution in [0.4, 0.5) is 0 Å². The summed E-state index contributed by atoms with van der Waals surface area (Å²) in [5.74, 6) is 0. The highest BCUT2D eigenvalue weighted by molar-refractivity contribution is 9.18. The van der Waals surface area contributed by atoms with Crippen LogP contribution >= 0.6 is 15.9 Å². The van der Waals surface area contributed by atoms with Crippen molar-refractivity contribution in [3.05, 3.63) is 0 Å². The Bertz CT molecular complexity index is 115. The number of nitrogens with zero attached hydrogens (tertiary/aromatic N) is 1. The molecule has 0 aromatic heterocycles. The third-order valence-corrected chi connectivity index (χ3v) is 1.43. The number of rotatable bonds is 1. The first-order chi connectivity index (χ1) is 3.83. The van der Waals surface area contributed by atoms with Crippen molar-refractivity contribution in [1.29, 1.82) is 0 Å². The molecule has 0 aliphatic carbocycles. The van der Waals surface area contributed by atoms with Gasteiger partial charge in [-0.1, -0.05) is 5.16 Å². The summed E-state index contributed by atoms with van der Waals surface area (Å²) in [7, 11) is 0. The summed E-state index contributed by atoms with van der Waals surface area (Å²) in [5, 5.41) is 3.64. The monoisotopic (exact) mass is 178 g/mol. The molecular formula is C4H7BrN2O. The topological polar surface area (TPSA) is 47.6 Å². The van der Waals surface area contributed by atoms with Gasteiger partial charge in [-0.05, 0) is 15.9 Å². The second kappa shape index (κ2) is 2.46. The molecule has 2 N–H and O–H groups in total. The van der Waals surface area contributed by atoms with Gasteiger partial charge in [0, 0.05) is 13.0 Å². The van der Waals surface area contributed by atoms with Gasteiger partial charge in [-0.15, -0.1) is 0 Å². The summed E-state index contributed by atoms with van der Waals surface area (Å²) in [6.45, 7) is 0.540. The molecule has 0 fully saturated rings. The Hall–Kier alpha value is -0.0900. The number of hydrogen-bond acceptors (Lipinski definition) is 3. The van der Waals surface area contributed by atoms with E-state index in [9.17, 15) is 0 Å². The Morgan fingerprint density at radius 3 is 3.00 bits per heavy atom. The zero-order valence-electron chi connectivity index (χ0n) is 4.30. The van der Waals surface area contributed by atoms with Crippen LogP contribution in [-0.2, 0) is 4.84 Å². The van der Waals surface area contributed by atoms with Gasteiger partial charge in [0.15, 0.2) is 0 Å². The Labute approximate surface area is 56.0 Å². The molecule has 0 radical (unpaired) electrons. The lowest BCUT2D eigenvalue weighted by atomic mass is 10.3. The van der Waals surface area contributed by atoms with Gasteiger partial charge in [0.2, 0.25) is 0 Å². The number of nitrogens with two attached hydrogens (primary N) is 1. The minimum Gasteiger partial charge on any atom is -0.390 e. The van der Waals surface area contributed by atoms with E-state index in [1.807, 2.05) is 0 Å². The minimum absolute atomic E-state index is 0.101. The summed E-state index contributed by atoms with van der Waals surface area (Å²) >= 11 is 3.19. The van der Waals surface area contributed by atoms with E-state index >= 15 is 0 Å². The first-order valence-electron chi connectivity index (χ1n) is 2.41. The average molecular weight is 179 g/mol. The van der Waals surface area contributed by atoms with E-state index in [4.69, 9.17) is 10.6 Å². The predicted molar refractivity (Wildman–Crippen MR) is 34.9 cm³/mol. The lowest BCUT2D eigenvalue weighted by Crippen LogP contribution is -2.18. The first kappa shape index (κ1) is 6.04. The smallest absolute Gasteiger partial charge is 0.145 e. The SMILES string of the molecule is NC[C@@H]1CC(Br)=NO1. The van der Waals surface area contributed by atoms with Crippen LogP contribution in [0.25, 0.3) is 0 Å². The second-order valence-corrected chi connectivity index (χ2v) is 2.55. The maximum atomic E-state index is 5.28. The maximum absolute atomic E-state index is 5.28. The van der Waals surface area contributed by atoms with E-state index in [2.05, 4.69) is 21.1 Å². The third kappa shape index (κ3) is 1.20. The van der Waals surface area contributed by atoms with Crippen LogP contribution in [0.2, 0.25) is 0 Å². The molecule has 0 saturated heterocycles. The van der Waals surface area contributed by atoms with Crippen molar-refractivity contribution in [3.63, 3.8) is 0 Å². The molecule has 0 bridgehead atoms. The Kier molecular flexibility index (Phi) is 1.85. The van der Waals surface area contributed by atoms with Gasteiger partial charge in [-0.2, -0.15) is 0 Å². The van der Waals surface area contributed by atoms with E-state index in [-0.39, 0.29) is 6.10 Å². The number of hydrogen-bond donors (Lipinski definition) is 1. The lowest BCUT2D eigenvalue weighted by Gasteiger charge is -2.00. The van der Waals surface area contributed by atoms with Crippen LogP contribution < -0.4 is 5.73 Å². The van der Waals surface area contributed by atoms with Gasteiger partial charge < -0.3 is 10.6 Å². The molecule has 1 rings (SSSR count). The molecule has 0 aromatic rings. The number of halogens is 1. The molecular weight excluding hydrogens is 172 g/mol. The third-order valence-electron chi connectivity index (χ3n) is 0.960. The van der Waals surface area contributed by atoms with Gasteiger partial charge in [0.05, 0.1) is 0 Å². The van der Waals surface area contributed by atoms with Crippen molar-refractivity contribution in [2.75, 3.05) is 6.54 Å². The summed E-state index contributed by atoms with van der Waals surface area (Å²) < 4.78 is 0.855. The molecule has 1 atom stereocenters. The lowest BCUT2D eigenvalue weighted by molar-refractivity contribution is 0.0919. The van der Waals surface area contributed by atoms with E-state index in [0.717, 1.165) is 11.0 Å². The minimum atomic E-state index is 0.101. The van der Waals surface area contributed by atoms with Crippen molar-refractivity contribution in [2.45, 2.75) is 12.5 Å². The van der Waals surface area contributed by atoms with E-state index in [1.54, 1.807) is 0 Å². The maximum Gasteiger partial charge on any atom is 0.145 e. The molecule has 0 amide bonds. The average Bonchev–Trinajstić information content (AvgIpc) is 2.14. The van der Waals surface area contributed by atoms with Crippen LogP contribution in [0.5, 0.6) is 0 Å². The highest BCUT2D eigenvalue weighted by Gasteiger charge is 2.16. The summed E-state index contributed by atoms with van der Waals surface area (Å²) in [6, 6.07) is 0. The Balaban J connectivity index is 2.32. The van der Waals surface area contributed by atoms with Gasteiger partial charge in [0.25, 0.3) is 0 Å². The van der Waals surface area contributed by atoms with Crippen LogP contribution in [0.15, 0.2) is 5.16 Å². The van der Waals surface area contributed by atoms with Crippen LogP contribution in [0.3, 0.4) is 0 Å². The van der Waals surface area contributed by atoms with Gasteiger partial charge >= 0.3 is 0 Å². The molecule has 1 aliphatic rings. The van der Waals surface area contributed by atoms with Crippen molar-refractivity contribution in [3.8, 4) is 0 Å². The van der Waals surface area contributed by atoms with Gasteiger partial charge in [0.1, 0.15) is 10.7 Å². The highest BCUT2D eigenvalue weighted by Crippen LogP contribution is 2.12. The van der Waals surface area contributed by atoms with Crippen LogP contribution in [-0.4, -0.2) is 17.3 Å². The standard InChI is InChI=1S/C4H7BrN2O/c5-4-1-3(2-6)8-7-4/h3H,1-2,6H2/t3-/m0/s1. The first-order valence-corrected chi connectivity index (χ1v) is 3.20. The Morgan fingerprint density at radius 1 is 2.00 bits per heavy atom. The molecule has 4 heteroatoms. The zero-order valence-corrected chi connectivity index (χ0v) is 5.89. The van der Waals surface area contributed by atoms with E-state index in [1.165, 1.54) is 0 Å². The molecule has 8 heavy (non-hydrogen) atoms. The highest BCUT2D eigenvalue weighted by atomic mass is 79.9. The molecule has 46 valence electrons. The van der Waals surface area contributed by atoms with Crippen molar-refractivity contribution in [2.24, 2.45) is 10.9 Å². The van der Waals surface area contributed by atoms with Crippen LogP contribution in [0, 0.1) is 0 Å². The normalized spacial score (nSPS) is 27.2. The quantitative estimate of drug-likeness (QED) is 0.634. The van der Waals surface area contributed by atoms with Gasteiger partial charge in [-0.3, -0.25) is 0 Å². The fourth-order valence-corrected chi connectivity index (χ4v) is 0.965. The second-order valence-electron chi connectivity index (χ2n) is 1.63. The molecule has 1 aliphatic heterocycles. The summed E-state index contributed by atoms with van der Waals surface area (Å²) in [5.41, 5.74) is 5.28. The van der Waals surface area contributed by atoms with Crippen molar-refractivity contribution in [1.82, 2.24) is 0 Å². The van der Waals surface area contributed by atoms with E-state index in [0.29, 0.717) is 6.54 Å². The zero-order chi connectivity index (χ0) is 5.98. The van der Waals surface area contributed by atoms with Crippen LogP contribution in [0.1, 0.15) is 6.42 Å². The predicted octanol–water partition coefficient (Wildman–Crippen LogP) is 0.442. The Morgan fingerprint density at radius 2 is 2.75 bits per heavy atom.